The van der Waals surface area contributed by atoms with Crippen molar-refractivity contribution >= 4 is 0 Å². The molecule has 0 aliphatic rings. The second kappa shape index (κ2) is 6.39. The van der Waals surface area contributed by atoms with Crippen LogP contribution >= 0.6 is 0 Å². The van der Waals surface area contributed by atoms with Crippen molar-refractivity contribution in [3.8, 4) is 0 Å². The van der Waals surface area contributed by atoms with Crippen LogP contribution in [0.3, 0.4) is 0 Å². The van der Waals surface area contributed by atoms with Crippen molar-refractivity contribution in [3.63, 3.8) is 0 Å². The lowest BCUT2D eigenvalue weighted by Crippen LogP contribution is -1.97. The van der Waals surface area contributed by atoms with E-state index in [1.54, 1.807) is 0 Å². The molecule has 0 nitrogen and oxygen atoms in total. The Morgan fingerprint density at radius 2 is 1.56 bits per heavy atom. The van der Waals surface area contributed by atoms with Crippen molar-refractivity contribution in [1.82, 2.24) is 0 Å². The summed E-state index contributed by atoms with van der Waals surface area (Å²) in [6, 6.07) is 17.5. The molecule has 0 heteroatoms. The molecule has 0 radical (unpaired) electrons. The first kappa shape index (κ1) is 12.9. The monoisotopic (exact) mass is 238 g/mol. The van der Waals surface area contributed by atoms with Crippen LogP contribution < -0.4 is 0 Å². The van der Waals surface area contributed by atoms with E-state index in [1.165, 1.54) is 41.5 Å². The molecule has 0 saturated heterocycles. The Hall–Kier alpha value is -1.56. The molecule has 0 aliphatic carbocycles. The summed E-state index contributed by atoms with van der Waals surface area (Å²) >= 11 is 0. The van der Waals surface area contributed by atoms with Gasteiger partial charge in [-0.1, -0.05) is 61.9 Å². The Kier molecular flexibility index (Phi) is 4.58. The lowest BCUT2D eigenvalue weighted by atomic mass is 9.94. The molecule has 94 valence electrons. The highest BCUT2D eigenvalue weighted by Gasteiger charge is 2.04. The third-order valence-electron chi connectivity index (χ3n) is 3.60. The Morgan fingerprint density at radius 3 is 2.28 bits per heavy atom. The van der Waals surface area contributed by atoms with Gasteiger partial charge in [0.2, 0.25) is 0 Å². The Morgan fingerprint density at radius 1 is 0.833 bits per heavy atom. The van der Waals surface area contributed by atoms with E-state index in [4.69, 9.17) is 0 Å². The zero-order valence-corrected chi connectivity index (χ0v) is 11.4. The normalized spacial score (nSPS) is 10.6. The summed E-state index contributed by atoms with van der Waals surface area (Å²) in [5, 5.41) is 0. The van der Waals surface area contributed by atoms with Crippen molar-refractivity contribution < 1.29 is 0 Å². The standard InChI is InChI=1S/C18H22/c1-3-4-11-17-12-8-13-18(15(17)2)14-16-9-6-5-7-10-16/h5-10,12-13H,3-4,11,14H2,1-2H3. The zero-order chi connectivity index (χ0) is 12.8. The molecule has 2 aromatic carbocycles. The van der Waals surface area contributed by atoms with Gasteiger partial charge in [0.05, 0.1) is 0 Å². The molecule has 0 saturated carbocycles. The van der Waals surface area contributed by atoms with Crippen molar-refractivity contribution in [2.24, 2.45) is 0 Å². The van der Waals surface area contributed by atoms with E-state index in [1.807, 2.05) is 0 Å². The molecule has 0 aromatic heterocycles. The molecule has 0 aliphatic heterocycles. The molecular formula is C18H22. The quantitative estimate of drug-likeness (QED) is 0.693. The minimum Gasteiger partial charge on any atom is -0.0654 e. The number of unbranched alkanes of at least 4 members (excludes halogenated alkanes) is 1. The highest BCUT2D eigenvalue weighted by atomic mass is 14.1. The van der Waals surface area contributed by atoms with Crippen LogP contribution in [0, 0.1) is 6.92 Å². The van der Waals surface area contributed by atoms with Crippen LogP contribution in [0.1, 0.15) is 42.0 Å². The molecule has 0 heterocycles. The van der Waals surface area contributed by atoms with Crippen LogP contribution in [0.4, 0.5) is 0 Å². The maximum absolute atomic E-state index is 2.28. The van der Waals surface area contributed by atoms with Crippen LogP contribution in [0.5, 0.6) is 0 Å². The topological polar surface area (TPSA) is 0 Å². The lowest BCUT2D eigenvalue weighted by molar-refractivity contribution is 0.789. The van der Waals surface area contributed by atoms with E-state index in [9.17, 15) is 0 Å². The number of hydrogen-bond acceptors (Lipinski definition) is 0. The van der Waals surface area contributed by atoms with Crippen LogP contribution in [-0.2, 0) is 12.8 Å². The van der Waals surface area contributed by atoms with Crippen molar-refractivity contribution in [3.05, 3.63) is 70.8 Å². The number of benzene rings is 2. The third kappa shape index (κ3) is 3.22. The molecule has 0 bridgehead atoms. The van der Waals surface area contributed by atoms with Gasteiger partial charge in [-0.05, 0) is 48.4 Å². The van der Waals surface area contributed by atoms with Crippen LogP contribution in [0.25, 0.3) is 0 Å². The largest absolute Gasteiger partial charge is 0.0654 e. The fraction of sp³-hybridized carbons (Fsp3) is 0.333. The number of hydrogen-bond donors (Lipinski definition) is 0. The summed E-state index contributed by atoms with van der Waals surface area (Å²) in [6.07, 6.45) is 4.82. The second-order valence-corrected chi connectivity index (χ2v) is 4.97. The highest BCUT2D eigenvalue weighted by Crippen LogP contribution is 2.19. The Bertz CT molecular complexity index is 483. The summed E-state index contributed by atoms with van der Waals surface area (Å²) in [6.45, 7) is 4.52. The lowest BCUT2D eigenvalue weighted by Gasteiger charge is -2.11. The first-order valence-electron chi connectivity index (χ1n) is 6.92. The molecule has 0 atom stereocenters. The summed E-state index contributed by atoms with van der Waals surface area (Å²) in [4.78, 5) is 0. The smallest absolute Gasteiger partial charge is 0.00230 e. The van der Waals surface area contributed by atoms with Crippen molar-refractivity contribution in [1.29, 1.82) is 0 Å². The summed E-state index contributed by atoms with van der Waals surface area (Å²) in [5.41, 5.74) is 5.86. The maximum atomic E-state index is 2.28. The summed E-state index contributed by atoms with van der Waals surface area (Å²) in [7, 11) is 0. The fourth-order valence-electron chi connectivity index (χ4n) is 2.38. The van der Waals surface area contributed by atoms with E-state index in [0.29, 0.717) is 0 Å². The number of aryl methyl sites for hydroxylation is 1. The summed E-state index contributed by atoms with van der Waals surface area (Å²) < 4.78 is 0. The van der Waals surface area contributed by atoms with E-state index in [0.717, 1.165) is 6.42 Å². The van der Waals surface area contributed by atoms with Crippen LogP contribution in [0.2, 0.25) is 0 Å². The molecule has 0 unspecified atom stereocenters. The van der Waals surface area contributed by atoms with Gasteiger partial charge in [0.25, 0.3) is 0 Å². The molecule has 2 aromatic rings. The van der Waals surface area contributed by atoms with Gasteiger partial charge in [-0.15, -0.1) is 0 Å². The Balaban J connectivity index is 2.18. The second-order valence-electron chi connectivity index (χ2n) is 4.97. The molecule has 0 N–H and O–H groups in total. The zero-order valence-electron chi connectivity index (χ0n) is 11.4. The van der Waals surface area contributed by atoms with Gasteiger partial charge in [0, 0.05) is 0 Å². The van der Waals surface area contributed by atoms with Crippen LogP contribution in [-0.4, -0.2) is 0 Å². The predicted octanol–water partition coefficient (Wildman–Crippen LogP) is 4.93. The minimum atomic E-state index is 1.05. The van der Waals surface area contributed by atoms with E-state index < -0.39 is 0 Å². The van der Waals surface area contributed by atoms with E-state index in [-0.39, 0.29) is 0 Å². The predicted molar refractivity (Wildman–Crippen MR) is 79.0 cm³/mol. The van der Waals surface area contributed by atoms with Gasteiger partial charge in [-0.3, -0.25) is 0 Å². The molecule has 0 spiro atoms. The van der Waals surface area contributed by atoms with Gasteiger partial charge in [0.15, 0.2) is 0 Å². The SMILES string of the molecule is CCCCc1cccc(Cc2ccccc2)c1C. The van der Waals surface area contributed by atoms with Crippen LogP contribution in [0.15, 0.2) is 48.5 Å². The maximum Gasteiger partial charge on any atom is -0.00230 e. The number of rotatable bonds is 5. The van der Waals surface area contributed by atoms with Crippen molar-refractivity contribution in [2.75, 3.05) is 0 Å². The molecule has 0 amide bonds. The minimum absolute atomic E-state index is 1.05. The first-order valence-corrected chi connectivity index (χ1v) is 6.92. The van der Waals surface area contributed by atoms with Gasteiger partial charge in [-0.2, -0.15) is 0 Å². The highest BCUT2D eigenvalue weighted by molar-refractivity contribution is 5.37. The van der Waals surface area contributed by atoms with E-state index in [2.05, 4.69) is 62.4 Å². The summed E-state index contributed by atoms with van der Waals surface area (Å²) in [5.74, 6) is 0. The average molecular weight is 238 g/mol. The Labute approximate surface area is 111 Å². The van der Waals surface area contributed by atoms with Gasteiger partial charge in [-0.25, -0.2) is 0 Å². The van der Waals surface area contributed by atoms with Gasteiger partial charge < -0.3 is 0 Å². The molecule has 18 heavy (non-hydrogen) atoms. The molecule has 2 rings (SSSR count). The molecular weight excluding hydrogens is 216 g/mol. The third-order valence-corrected chi connectivity index (χ3v) is 3.60. The van der Waals surface area contributed by atoms with Gasteiger partial charge >= 0.3 is 0 Å². The first-order chi connectivity index (χ1) is 8.81. The van der Waals surface area contributed by atoms with E-state index >= 15 is 0 Å². The fourth-order valence-corrected chi connectivity index (χ4v) is 2.38. The molecule has 0 fully saturated rings. The average Bonchev–Trinajstić information content (AvgIpc) is 2.41. The van der Waals surface area contributed by atoms with Gasteiger partial charge in [0.1, 0.15) is 0 Å². The van der Waals surface area contributed by atoms with Crippen molar-refractivity contribution in [2.45, 2.75) is 39.5 Å².